The Kier molecular flexibility index (Phi) is 4.24. The lowest BCUT2D eigenvalue weighted by Crippen LogP contribution is -2.13. The summed E-state index contributed by atoms with van der Waals surface area (Å²) >= 11 is 5.85. The standard InChI is InChI=1S/C20H20ClNO3S/c1-12-3-8-19-16(9-12)17-11-18(13(2)10-20(17)25-19)22-26(23,24)15-6-4-14(21)5-7-15/h4-7,10-12,22H,3,8-9H2,1-2H3. The highest BCUT2D eigenvalue weighted by Gasteiger charge is 2.23. The fourth-order valence-corrected chi connectivity index (χ4v) is 4.78. The highest BCUT2D eigenvalue weighted by atomic mass is 35.5. The average Bonchev–Trinajstić information content (AvgIpc) is 2.92. The molecule has 6 heteroatoms. The molecule has 0 saturated carbocycles. The Morgan fingerprint density at radius 2 is 1.92 bits per heavy atom. The van der Waals surface area contributed by atoms with Crippen molar-refractivity contribution in [2.24, 2.45) is 5.92 Å². The predicted octanol–water partition coefficient (Wildman–Crippen LogP) is 5.32. The summed E-state index contributed by atoms with van der Waals surface area (Å²) in [7, 11) is -3.68. The van der Waals surface area contributed by atoms with Crippen molar-refractivity contribution in [2.45, 2.75) is 38.0 Å². The summed E-state index contributed by atoms with van der Waals surface area (Å²) in [5.74, 6) is 1.65. The molecule has 4 rings (SSSR count). The van der Waals surface area contributed by atoms with Crippen molar-refractivity contribution in [3.63, 3.8) is 0 Å². The van der Waals surface area contributed by atoms with Crippen LogP contribution in [0.5, 0.6) is 0 Å². The van der Waals surface area contributed by atoms with Gasteiger partial charge in [0.05, 0.1) is 10.6 Å². The lowest BCUT2D eigenvalue weighted by Gasteiger charge is -2.17. The van der Waals surface area contributed by atoms with Crippen LogP contribution in [0.4, 0.5) is 5.69 Å². The number of rotatable bonds is 3. The first kappa shape index (κ1) is 17.4. The first-order valence-corrected chi connectivity index (χ1v) is 10.5. The number of benzene rings is 2. The van der Waals surface area contributed by atoms with E-state index in [9.17, 15) is 8.42 Å². The zero-order valence-electron chi connectivity index (χ0n) is 14.7. The number of anilines is 1. The Hall–Kier alpha value is -1.98. The maximum Gasteiger partial charge on any atom is 0.261 e. The maximum atomic E-state index is 12.7. The Morgan fingerprint density at radius 1 is 1.19 bits per heavy atom. The molecular formula is C20H20ClNO3S. The van der Waals surface area contributed by atoms with Gasteiger partial charge in [0, 0.05) is 22.4 Å². The van der Waals surface area contributed by atoms with Crippen LogP contribution in [0, 0.1) is 12.8 Å². The number of furan rings is 1. The molecule has 0 aliphatic heterocycles. The second-order valence-electron chi connectivity index (χ2n) is 7.07. The van der Waals surface area contributed by atoms with Crippen LogP contribution in [0.1, 0.15) is 30.2 Å². The molecule has 0 bridgehead atoms. The quantitative estimate of drug-likeness (QED) is 0.659. The number of halogens is 1. The molecule has 0 saturated heterocycles. The van der Waals surface area contributed by atoms with Gasteiger partial charge >= 0.3 is 0 Å². The molecule has 0 amide bonds. The van der Waals surface area contributed by atoms with Crippen LogP contribution in [-0.2, 0) is 22.9 Å². The summed E-state index contributed by atoms with van der Waals surface area (Å²) < 4.78 is 34.1. The Bertz CT molecular complexity index is 1080. The molecule has 1 aliphatic rings. The minimum absolute atomic E-state index is 0.184. The van der Waals surface area contributed by atoms with Crippen LogP contribution in [-0.4, -0.2) is 8.42 Å². The van der Waals surface area contributed by atoms with Crippen molar-refractivity contribution in [3.05, 3.63) is 58.3 Å². The van der Waals surface area contributed by atoms with Gasteiger partial charge < -0.3 is 4.42 Å². The van der Waals surface area contributed by atoms with Crippen LogP contribution in [0.25, 0.3) is 11.0 Å². The Morgan fingerprint density at radius 3 is 2.65 bits per heavy atom. The smallest absolute Gasteiger partial charge is 0.261 e. The van der Waals surface area contributed by atoms with E-state index in [2.05, 4.69) is 11.6 Å². The number of nitrogens with one attached hydrogen (secondary N) is 1. The predicted molar refractivity (Wildman–Crippen MR) is 104 cm³/mol. The number of sulfonamides is 1. The maximum absolute atomic E-state index is 12.7. The summed E-state index contributed by atoms with van der Waals surface area (Å²) in [5, 5.41) is 1.51. The van der Waals surface area contributed by atoms with E-state index in [1.165, 1.54) is 17.7 Å². The van der Waals surface area contributed by atoms with E-state index in [1.807, 2.05) is 19.1 Å². The molecule has 0 fully saturated rings. The topological polar surface area (TPSA) is 59.3 Å². The lowest BCUT2D eigenvalue weighted by molar-refractivity contribution is 0.438. The van der Waals surface area contributed by atoms with Gasteiger partial charge in [-0.1, -0.05) is 18.5 Å². The van der Waals surface area contributed by atoms with Gasteiger partial charge in [0.25, 0.3) is 10.0 Å². The van der Waals surface area contributed by atoms with Crippen molar-refractivity contribution in [1.29, 1.82) is 0 Å². The molecule has 1 aromatic heterocycles. The van der Waals surface area contributed by atoms with E-state index < -0.39 is 10.0 Å². The summed E-state index contributed by atoms with van der Waals surface area (Å²) in [6.45, 7) is 4.11. The lowest BCUT2D eigenvalue weighted by atomic mass is 9.88. The van der Waals surface area contributed by atoms with E-state index in [0.29, 0.717) is 16.6 Å². The van der Waals surface area contributed by atoms with Crippen molar-refractivity contribution >= 4 is 38.3 Å². The highest BCUT2D eigenvalue weighted by Crippen LogP contribution is 2.37. The second-order valence-corrected chi connectivity index (χ2v) is 9.19. The van der Waals surface area contributed by atoms with Gasteiger partial charge in [-0.25, -0.2) is 8.42 Å². The molecule has 2 aromatic carbocycles. The van der Waals surface area contributed by atoms with E-state index in [0.717, 1.165) is 41.6 Å². The summed E-state index contributed by atoms with van der Waals surface area (Å²) in [4.78, 5) is 0.184. The normalized spacial score (nSPS) is 17.3. The fraction of sp³-hybridized carbons (Fsp3) is 0.300. The van der Waals surface area contributed by atoms with Crippen LogP contribution >= 0.6 is 11.6 Å². The van der Waals surface area contributed by atoms with Crippen LogP contribution in [0.2, 0.25) is 5.02 Å². The third-order valence-corrected chi connectivity index (χ3v) is 6.64. The van der Waals surface area contributed by atoms with Crippen molar-refractivity contribution in [1.82, 2.24) is 0 Å². The van der Waals surface area contributed by atoms with E-state index in [-0.39, 0.29) is 4.90 Å². The molecule has 1 aliphatic carbocycles. The van der Waals surface area contributed by atoms with Crippen molar-refractivity contribution in [3.8, 4) is 0 Å². The second kappa shape index (κ2) is 6.32. The van der Waals surface area contributed by atoms with Gasteiger partial charge in [-0.3, -0.25) is 4.72 Å². The number of fused-ring (bicyclic) bond motifs is 3. The molecule has 1 unspecified atom stereocenters. The van der Waals surface area contributed by atoms with Gasteiger partial charge in [-0.05, 0) is 67.6 Å². The Balaban J connectivity index is 1.75. The van der Waals surface area contributed by atoms with Crippen LogP contribution < -0.4 is 4.72 Å². The summed E-state index contributed by atoms with van der Waals surface area (Å²) in [5.41, 5.74) is 3.45. The van der Waals surface area contributed by atoms with Gasteiger partial charge in [0.2, 0.25) is 0 Å². The molecule has 136 valence electrons. The minimum Gasteiger partial charge on any atom is -0.461 e. The first-order valence-electron chi connectivity index (χ1n) is 8.67. The van der Waals surface area contributed by atoms with Gasteiger partial charge in [0.1, 0.15) is 11.3 Å². The van der Waals surface area contributed by atoms with E-state index >= 15 is 0 Å². The van der Waals surface area contributed by atoms with Crippen LogP contribution in [0.15, 0.2) is 45.7 Å². The highest BCUT2D eigenvalue weighted by molar-refractivity contribution is 7.92. The minimum atomic E-state index is -3.68. The third-order valence-electron chi connectivity index (χ3n) is 5.01. The molecule has 26 heavy (non-hydrogen) atoms. The van der Waals surface area contributed by atoms with Crippen molar-refractivity contribution < 1.29 is 12.8 Å². The Labute approximate surface area is 158 Å². The number of hydrogen-bond acceptors (Lipinski definition) is 3. The first-order chi connectivity index (χ1) is 12.3. The van der Waals surface area contributed by atoms with Gasteiger partial charge in [-0.15, -0.1) is 0 Å². The molecular weight excluding hydrogens is 370 g/mol. The zero-order chi connectivity index (χ0) is 18.5. The zero-order valence-corrected chi connectivity index (χ0v) is 16.2. The monoisotopic (exact) mass is 389 g/mol. The number of aryl methyl sites for hydroxylation is 2. The van der Waals surface area contributed by atoms with Gasteiger partial charge in [0.15, 0.2) is 0 Å². The number of hydrogen-bond donors (Lipinski definition) is 1. The van der Waals surface area contributed by atoms with Gasteiger partial charge in [-0.2, -0.15) is 0 Å². The fourth-order valence-electron chi connectivity index (χ4n) is 3.53. The largest absolute Gasteiger partial charge is 0.461 e. The molecule has 0 radical (unpaired) electrons. The van der Waals surface area contributed by atoms with Crippen LogP contribution in [0.3, 0.4) is 0 Å². The third kappa shape index (κ3) is 3.10. The molecule has 1 atom stereocenters. The molecule has 1 N–H and O–H groups in total. The molecule has 0 spiro atoms. The summed E-state index contributed by atoms with van der Waals surface area (Å²) in [6, 6.07) is 9.95. The van der Waals surface area contributed by atoms with E-state index in [4.69, 9.17) is 16.0 Å². The van der Waals surface area contributed by atoms with E-state index in [1.54, 1.807) is 12.1 Å². The van der Waals surface area contributed by atoms with Crippen molar-refractivity contribution in [2.75, 3.05) is 4.72 Å². The molecule has 1 heterocycles. The average molecular weight is 390 g/mol. The molecule has 3 aromatic rings. The molecule has 4 nitrogen and oxygen atoms in total. The summed E-state index contributed by atoms with van der Waals surface area (Å²) in [6.07, 6.45) is 3.03. The SMILES string of the molecule is Cc1cc2oc3c(c2cc1NS(=O)(=O)c1ccc(Cl)cc1)CC(C)CC3.